The van der Waals surface area contributed by atoms with E-state index in [0.29, 0.717) is 0 Å². The van der Waals surface area contributed by atoms with Gasteiger partial charge in [-0.15, -0.1) is 13.2 Å². The van der Waals surface area contributed by atoms with Gasteiger partial charge in [0, 0.05) is 12.6 Å². The van der Waals surface area contributed by atoms with Gasteiger partial charge in [0.2, 0.25) is 11.8 Å². The van der Waals surface area contributed by atoms with Gasteiger partial charge in [-0.3, -0.25) is 14.4 Å². The van der Waals surface area contributed by atoms with E-state index in [2.05, 4.69) is 26.8 Å². The molecule has 12 heteroatoms. The van der Waals surface area contributed by atoms with Crippen LogP contribution in [0.5, 0.6) is 5.75 Å². The fourth-order valence-electron chi connectivity index (χ4n) is 1.63. The zero-order valence-electron chi connectivity index (χ0n) is 15.1. The molecule has 8 N–H and O–H groups in total. The average molecular weight is 395 g/mol. The van der Waals surface area contributed by atoms with Gasteiger partial charge in [-0.2, -0.15) is 0 Å². The Kier molecular flexibility index (Phi) is 13.0. The van der Waals surface area contributed by atoms with Crippen LogP contribution in [0, 0.1) is 0 Å². The standard InChI is InChI=1S/C13H14F3N3O4.2CH5N/c1-18-12(22)9(6-10(17)20)19-11(21)7-2-4-8(5-3-7)23-13(14,15)16;2*1-2/h2-5,9H,6H2,1H3,(H2,17,20)(H,18,22)(H,19,21);2*2H2,1H3/t9-;;/m0../s1. The molecule has 0 aliphatic carbocycles. The summed E-state index contributed by atoms with van der Waals surface area (Å²) in [7, 11) is 4.31. The van der Waals surface area contributed by atoms with Gasteiger partial charge in [0.15, 0.2) is 0 Å². The van der Waals surface area contributed by atoms with Crippen molar-refractivity contribution >= 4 is 17.7 Å². The summed E-state index contributed by atoms with van der Waals surface area (Å²) in [5.41, 5.74) is 14.0. The molecule has 0 unspecified atom stereocenters. The zero-order valence-corrected chi connectivity index (χ0v) is 15.1. The van der Waals surface area contributed by atoms with Gasteiger partial charge in [-0.1, -0.05) is 0 Å². The van der Waals surface area contributed by atoms with Crippen LogP contribution < -0.4 is 32.6 Å². The lowest BCUT2D eigenvalue weighted by Crippen LogP contribution is -2.47. The van der Waals surface area contributed by atoms with Crippen molar-refractivity contribution in [3.63, 3.8) is 0 Å². The summed E-state index contributed by atoms with van der Waals surface area (Å²) in [6.07, 6.45) is -5.25. The molecular weight excluding hydrogens is 371 g/mol. The molecule has 0 aliphatic rings. The van der Waals surface area contributed by atoms with E-state index < -0.39 is 42.3 Å². The number of nitrogens with one attached hydrogen (secondary N) is 2. The lowest BCUT2D eigenvalue weighted by Gasteiger charge is -2.16. The maximum atomic E-state index is 12.0. The van der Waals surface area contributed by atoms with Crippen LogP contribution in [-0.2, 0) is 9.59 Å². The Morgan fingerprint density at radius 1 is 1.07 bits per heavy atom. The summed E-state index contributed by atoms with van der Waals surface area (Å²) < 4.78 is 39.8. The summed E-state index contributed by atoms with van der Waals surface area (Å²) in [6, 6.07) is 2.89. The molecule has 3 amide bonds. The Hall–Kier alpha value is -2.86. The maximum Gasteiger partial charge on any atom is 0.573 e. The second-order valence-electron chi connectivity index (χ2n) is 4.38. The van der Waals surface area contributed by atoms with Crippen LogP contribution in [0.25, 0.3) is 0 Å². The van der Waals surface area contributed by atoms with Crippen LogP contribution in [0.4, 0.5) is 13.2 Å². The zero-order chi connectivity index (χ0) is 21.6. The Morgan fingerprint density at radius 3 is 1.93 bits per heavy atom. The van der Waals surface area contributed by atoms with E-state index in [-0.39, 0.29) is 5.56 Å². The van der Waals surface area contributed by atoms with E-state index in [4.69, 9.17) is 5.73 Å². The van der Waals surface area contributed by atoms with Crippen molar-refractivity contribution in [2.24, 2.45) is 17.2 Å². The molecule has 0 aromatic heterocycles. The summed E-state index contributed by atoms with van der Waals surface area (Å²) >= 11 is 0. The number of rotatable bonds is 6. The molecule has 0 spiro atoms. The summed E-state index contributed by atoms with van der Waals surface area (Å²) in [5.74, 6) is -2.67. The molecule has 0 saturated carbocycles. The van der Waals surface area contributed by atoms with Gasteiger partial charge >= 0.3 is 6.36 Å². The highest BCUT2D eigenvalue weighted by Gasteiger charge is 2.31. The molecule has 154 valence electrons. The first kappa shape index (κ1) is 26.4. The Balaban J connectivity index is 0. The quantitative estimate of drug-likeness (QED) is 0.434. The number of benzene rings is 1. The van der Waals surface area contributed by atoms with Crippen LogP contribution in [0.1, 0.15) is 16.8 Å². The highest BCUT2D eigenvalue weighted by atomic mass is 19.4. The number of nitrogens with two attached hydrogens (primary N) is 3. The third-order valence-electron chi connectivity index (χ3n) is 2.62. The fraction of sp³-hybridized carbons (Fsp3) is 0.400. The third-order valence-corrected chi connectivity index (χ3v) is 2.62. The van der Waals surface area contributed by atoms with Gasteiger partial charge in [0.25, 0.3) is 5.91 Å². The Labute approximate surface area is 154 Å². The molecule has 0 radical (unpaired) electrons. The lowest BCUT2D eigenvalue weighted by molar-refractivity contribution is -0.274. The first-order valence-electron chi connectivity index (χ1n) is 7.44. The first-order valence-corrected chi connectivity index (χ1v) is 7.44. The monoisotopic (exact) mass is 395 g/mol. The number of hydrogen-bond donors (Lipinski definition) is 5. The van der Waals surface area contributed by atoms with Crippen molar-refractivity contribution in [1.82, 2.24) is 10.6 Å². The molecule has 27 heavy (non-hydrogen) atoms. The van der Waals surface area contributed by atoms with Crippen molar-refractivity contribution in [3.05, 3.63) is 29.8 Å². The number of ether oxygens (including phenoxy) is 1. The molecule has 0 saturated heterocycles. The van der Waals surface area contributed by atoms with Gasteiger partial charge in [-0.25, -0.2) is 0 Å². The molecule has 1 rings (SSSR count). The van der Waals surface area contributed by atoms with Crippen LogP contribution in [0.3, 0.4) is 0 Å². The molecule has 9 nitrogen and oxygen atoms in total. The first-order chi connectivity index (χ1) is 12.6. The molecular formula is C15H24F3N5O4. The van der Waals surface area contributed by atoms with Crippen molar-refractivity contribution in [1.29, 1.82) is 0 Å². The largest absolute Gasteiger partial charge is 0.573 e. The van der Waals surface area contributed by atoms with E-state index >= 15 is 0 Å². The minimum Gasteiger partial charge on any atom is -0.406 e. The maximum absolute atomic E-state index is 12.0. The minimum absolute atomic E-state index is 0.0158. The van der Waals surface area contributed by atoms with Gasteiger partial charge in [0.1, 0.15) is 11.8 Å². The molecule has 0 fully saturated rings. The van der Waals surface area contributed by atoms with E-state index in [0.717, 1.165) is 24.3 Å². The van der Waals surface area contributed by atoms with Crippen molar-refractivity contribution in [2.45, 2.75) is 18.8 Å². The van der Waals surface area contributed by atoms with Crippen LogP contribution in [0.2, 0.25) is 0 Å². The van der Waals surface area contributed by atoms with Crippen LogP contribution in [0.15, 0.2) is 24.3 Å². The molecule has 1 atom stereocenters. The molecule has 1 aromatic rings. The summed E-state index contributed by atoms with van der Waals surface area (Å²) in [6.45, 7) is 0. The second kappa shape index (κ2) is 13.4. The van der Waals surface area contributed by atoms with Gasteiger partial charge in [0.05, 0.1) is 6.42 Å². The normalized spacial score (nSPS) is 10.8. The van der Waals surface area contributed by atoms with E-state index in [1.807, 2.05) is 0 Å². The molecule has 0 bridgehead atoms. The highest BCUT2D eigenvalue weighted by Crippen LogP contribution is 2.22. The van der Waals surface area contributed by atoms with Crippen LogP contribution >= 0.6 is 0 Å². The van der Waals surface area contributed by atoms with Crippen LogP contribution in [-0.4, -0.2) is 51.3 Å². The van der Waals surface area contributed by atoms with Crippen molar-refractivity contribution in [2.75, 3.05) is 21.1 Å². The van der Waals surface area contributed by atoms with Gasteiger partial charge < -0.3 is 32.6 Å². The molecule has 0 aliphatic heterocycles. The number of primary amides is 1. The number of carbonyl (C=O) groups is 3. The number of likely N-dealkylation sites (N-methyl/N-ethyl adjacent to an activating group) is 1. The summed E-state index contributed by atoms with van der Waals surface area (Å²) in [5, 5.41) is 4.52. The topological polar surface area (TPSA) is 163 Å². The SMILES string of the molecule is CN.CN.CNC(=O)[C@H](CC(N)=O)NC(=O)c1ccc(OC(F)(F)F)cc1. The van der Waals surface area contributed by atoms with E-state index in [1.54, 1.807) is 0 Å². The number of hydrogen-bond acceptors (Lipinski definition) is 6. The smallest absolute Gasteiger partial charge is 0.406 e. The van der Waals surface area contributed by atoms with Crippen molar-refractivity contribution in [3.8, 4) is 5.75 Å². The number of carbonyl (C=O) groups excluding carboxylic acids is 3. The predicted molar refractivity (Wildman–Crippen MR) is 92.5 cm³/mol. The fourth-order valence-corrected chi connectivity index (χ4v) is 1.63. The Morgan fingerprint density at radius 2 is 1.56 bits per heavy atom. The van der Waals surface area contributed by atoms with Gasteiger partial charge in [-0.05, 0) is 38.4 Å². The molecule has 1 aromatic carbocycles. The number of amides is 3. The van der Waals surface area contributed by atoms with E-state index in [1.165, 1.54) is 21.1 Å². The minimum atomic E-state index is -4.84. The Bertz CT molecular complexity index is 594. The third kappa shape index (κ3) is 11.4. The van der Waals surface area contributed by atoms with Crippen molar-refractivity contribution < 1.29 is 32.3 Å². The van der Waals surface area contributed by atoms with E-state index in [9.17, 15) is 27.6 Å². The highest BCUT2D eigenvalue weighted by molar-refractivity contribution is 5.98. The number of halogens is 3. The lowest BCUT2D eigenvalue weighted by atomic mass is 10.1. The molecule has 0 heterocycles. The summed E-state index contributed by atoms with van der Waals surface area (Å²) in [4.78, 5) is 34.4. The predicted octanol–water partition coefficient (Wildman–Crippen LogP) is -0.545. The average Bonchev–Trinajstić information content (AvgIpc) is 2.62. The number of alkyl halides is 3. The second-order valence-corrected chi connectivity index (χ2v) is 4.38.